The highest BCUT2D eigenvalue weighted by molar-refractivity contribution is 5.51. The van der Waals surface area contributed by atoms with Crippen molar-refractivity contribution >= 4 is 0 Å². The molecule has 0 spiro atoms. The third-order valence-electron chi connectivity index (χ3n) is 4.67. The summed E-state index contributed by atoms with van der Waals surface area (Å²) in [7, 11) is 3.31. The Morgan fingerprint density at radius 1 is 1.22 bits per heavy atom. The fourth-order valence-corrected chi connectivity index (χ4v) is 3.30. The second-order valence-electron chi connectivity index (χ2n) is 6.36. The number of hydrogen-bond acceptors (Lipinski definition) is 9. The van der Waals surface area contributed by atoms with Crippen LogP contribution in [0.25, 0.3) is 0 Å². The van der Waals surface area contributed by atoms with E-state index in [9.17, 15) is 0 Å². The lowest BCUT2D eigenvalue weighted by Gasteiger charge is -2.32. The van der Waals surface area contributed by atoms with Crippen molar-refractivity contribution in [3.63, 3.8) is 0 Å². The molecule has 0 radical (unpaired) electrons. The minimum Gasteiger partial charge on any atom is -0.496 e. The Morgan fingerprint density at radius 3 is 2.89 bits per heavy atom. The van der Waals surface area contributed by atoms with E-state index in [-0.39, 0.29) is 12.9 Å². The lowest BCUT2D eigenvalue weighted by molar-refractivity contribution is -0.0398. The number of hydrogen-bond donors (Lipinski definition) is 0. The number of nitrogens with zero attached hydrogens (tertiary/aromatic N) is 5. The van der Waals surface area contributed by atoms with Crippen LogP contribution in [-0.2, 0) is 22.6 Å². The number of methoxy groups -OCH3 is 2. The molecule has 0 aliphatic carbocycles. The van der Waals surface area contributed by atoms with Gasteiger partial charge >= 0.3 is 0 Å². The molecule has 3 heterocycles. The van der Waals surface area contributed by atoms with Crippen LogP contribution in [0.1, 0.15) is 17.5 Å². The highest BCUT2D eigenvalue weighted by Crippen LogP contribution is 2.38. The molecule has 1 unspecified atom stereocenters. The van der Waals surface area contributed by atoms with Crippen LogP contribution in [0.15, 0.2) is 12.1 Å². The number of benzene rings is 1. The van der Waals surface area contributed by atoms with Crippen molar-refractivity contribution in [1.82, 2.24) is 25.1 Å². The molecular weight excluding hydrogens is 354 g/mol. The van der Waals surface area contributed by atoms with Crippen LogP contribution in [-0.4, -0.2) is 72.4 Å². The maximum atomic E-state index is 5.92. The van der Waals surface area contributed by atoms with Gasteiger partial charge in [-0.05, 0) is 16.5 Å². The van der Waals surface area contributed by atoms with Crippen LogP contribution in [0.2, 0.25) is 0 Å². The summed E-state index contributed by atoms with van der Waals surface area (Å²) in [4.78, 5) is 2.30. The molecule has 4 rings (SSSR count). The van der Waals surface area contributed by atoms with Crippen molar-refractivity contribution in [1.29, 1.82) is 0 Å². The Balaban J connectivity index is 1.47. The van der Waals surface area contributed by atoms with Gasteiger partial charge in [0, 0.05) is 38.4 Å². The fraction of sp³-hybridized carbons (Fsp3) is 0.588. The van der Waals surface area contributed by atoms with Gasteiger partial charge in [0.15, 0.2) is 17.3 Å². The van der Waals surface area contributed by atoms with E-state index in [1.165, 1.54) is 0 Å². The summed E-state index contributed by atoms with van der Waals surface area (Å²) >= 11 is 0. The molecule has 1 saturated heterocycles. The topological polar surface area (TPSA) is 93.0 Å². The zero-order chi connectivity index (χ0) is 18.6. The SMILES string of the molecule is COCCn1nnnc1C1CN(Cc2cc3c(cc2OC)OCO3)CCO1. The second kappa shape index (κ2) is 8.07. The zero-order valence-corrected chi connectivity index (χ0v) is 15.5. The molecule has 27 heavy (non-hydrogen) atoms. The molecule has 0 saturated carbocycles. The molecule has 1 aromatic heterocycles. The smallest absolute Gasteiger partial charge is 0.231 e. The molecule has 1 atom stereocenters. The predicted octanol–water partition coefficient (Wildman–Crippen LogP) is 0.630. The minimum absolute atomic E-state index is 0.189. The largest absolute Gasteiger partial charge is 0.496 e. The molecule has 2 aliphatic heterocycles. The van der Waals surface area contributed by atoms with E-state index in [1.807, 2.05) is 12.1 Å². The summed E-state index contributed by atoms with van der Waals surface area (Å²) in [5.74, 6) is 2.97. The second-order valence-corrected chi connectivity index (χ2v) is 6.36. The summed E-state index contributed by atoms with van der Waals surface area (Å²) in [6.07, 6.45) is -0.189. The Kier molecular flexibility index (Phi) is 5.37. The first kappa shape index (κ1) is 18.0. The van der Waals surface area contributed by atoms with Crippen LogP contribution < -0.4 is 14.2 Å². The van der Waals surface area contributed by atoms with E-state index < -0.39 is 0 Å². The van der Waals surface area contributed by atoms with Crippen molar-refractivity contribution in [2.45, 2.75) is 19.2 Å². The van der Waals surface area contributed by atoms with Crippen molar-refractivity contribution < 1.29 is 23.7 Å². The molecule has 10 nitrogen and oxygen atoms in total. The van der Waals surface area contributed by atoms with Gasteiger partial charge < -0.3 is 23.7 Å². The summed E-state index contributed by atoms with van der Waals surface area (Å²) < 4.78 is 29.2. The van der Waals surface area contributed by atoms with E-state index in [2.05, 4.69) is 20.4 Å². The molecule has 1 aromatic carbocycles. The summed E-state index contributed by atoms with van der Waals surface area (Å²) in [6.45, 7) is 4.19. The number of rotatable bonds is 7. The van der Waals surface area contributed by atoms with Crippen LogP contribution >= 0.6 is 0 Å². The first-order valence-electron chi connectivity index (χ1n) is 8.84. The van der Waals surface area contributed by atoms with Gasteiger partial charge in [-0.1, -0.05) is 0 Å². The molecule has 0 bridgehead atoms. The summed E-state index contributed by atoms with van der Waals surface area (Å²) in [6, 6.07) is 3.86. The lowest BCUT2D eigenvalue weighted by Crippen LogP contribution is -2.39. The first-order valence-corrected chi connectivity index (χ1v) is 8.84. The standard InChI is InChI=1S/C17H23N5O5/c1-23-5-4-22-17(18-19-20-22)16-10-21(3-6-25-16)9-12-7-14-15(27-11-26-14)8-13(12)24-2/h7-8,16H,3-6,9-11H2,1-2H3. The third-order valence-corrected chi connectivity index (χ3v) is 4.67. The Morgan fingerprint density at radius 2 is 2.07 bits per heavy atom. The van der Waals surface area contributed by atoms with E-state index in [0.717, 1.165) is 29.4 Å². The molecule has 10 heteroatoms. The van der Waals surface area contributed by atoms with Gasteiger partial charge in [0.2, 0.25) is 6.79 Å². The van der Waals surface area contributed by atoms with Crippen LogP contribution in [0.4, 0.5) is 0 Å². The summed E-state index contributed by atoms with van der Waals surface area (Å²) in [5, 5.41) is 12.0. The molecular formula is C17H23N5O5. The molecule has 0 N–H and O–H groups in total. The monoisotopic (exact) mass is 377 g/mol. The van der Waals surface area contributed by atoms with E-state index >= 15 is 0 Å². The average molecular weight is 377 g/mol. The zero-order valence-electron chi connectivity index (χ0n) is 15.5. The van der Waals surface area contributed by atoms with Crippen molar-refractivity contribution in [2.24, 2.45) is 0 Å². The van der Waals surface area contributed by atoms with Gasteiger partial charge in [0.25, 0.3) is 0 Å². The lowest BCUT2D eigenvalue weighted by atomic mass is 10.1. The molecule has 2 aliphatic rings. The molecule has 2 aromatic rings. The number of morpholine rings is 1. The Labute approximate surface area is 156 Å². The van der Waals surface area contributed by atoms with Gasteiger partial charge in [-0.15, -0.1) is 5.10 Å². The number of ether oxygens (including phenoxy) is 5. The van der Waals surface area contributed by atoms with Crippen molar-refractivity contribution in [3.05, 3.63) is 23.5 Å². The first-order chi connectivity index (χ1) is 13.3. The maximum absolute atomic E-state index is 5.92. The molecule has 146 valence electrons. The van der Waals surface area contributed by atoms with Crippen molar-refractivity contribution in [2.75, 3.05) is 47.3 Å². The molecule has 0 amide bonds. The van der Waals surface area contributed by atoms with Gasteiger partial charge in [0.1, 0.15) is 11.9 Å². The van der Waals surface area contributed by atoms with Crippen molar-refractivity contribution in [3.8, 4) is 17.2 Å². The maximum Gasteiger partial charge on any atom is 0.231 e. The van der Waals surface area contributed by atoms with Gasteiger partial charge in [-0.25, -0.2) is 4.68 Å². The number of aromatic nitrogens is 4. The average Bonchev–Trinajstić information content (AvgIpc) is 3.34. The normalized spacial score (nSPS) is 19.4. The van der Waals surface area contributed by atoms with Crippen LogP contribution in [0, 0.1) is 0 Å². The minimum atomic E-state index is -0.189. The van der Waals surface area contributed by atoms with E-state index in [4.69, 9.17) is 23.7 Å². The van der Waals surface area contributed by atoms with Crippen LogP contribution in [0.5, 0.6) is 17.2 Å². The quantitative estimate of drug-likeness (QED) is 0.689. The van der Waals surface area contributed by atoms with Gasteiger partial charge in [-0.3, -0.25) is 4.90 Å². The third kappa shape index (κ3) is 3.82. The fourth-order valence-electron chi connectivity index (χ4n) is 3.30. The van der Waals surface area contributed by atoms with Gasteiger partial charge in [0.05, 0.1) is 26.9 Å². The van der Waals surface area contributed by atoms with Gasteiger partial charge in [-0.2, -0.15) is 0 Å². The summed E-state index contributed by atoms with van der Waals surface area (Å²) in [5.41, 5.74) is 1.04. The highest BCUT2D eigenvalue weighted by atomic mass is 16.7. The number of fused-ring (bicyclic) bond motifs is 1. The number of tetrazole rings is 1. The van der Waals surface area contributed by atoms with Crippen LogP contribution in [0.3, 0.4) is 0 Å². The highest BCUT2D eigenvalue weighted by Gasteiger charge is 2.28. The predicted molar refractivity (Wildman–Crippen MR) is 92.8 cm³/mol. The van der Waals surface area contributed by atoms with E-state index in [0.29, 0.717) is 38.6 Å². The Bertz CT molecular complexity index is 783. The van der Waals surface area contributed by atoms with E-state index in [1.54, 1.807) is 18.9 Å². The Hall–Kier alpha value is -2.43. The molecule has 1 fully saturated rings.